The van der Waals surface area contributed by atoms with Crippen LogP contribution in [0.4, 0.5) is 0 Å². The van der Waals surface area contributed by atoms with Crippen molar-refractivity contribution in [3.05, 3.63) is 0 Å². The maximum Gasteiger partial charge on any atom is 0.320 e. The van der Waals surface area contributed by atoms with Crippen LogP contribution >= 0.6 is 0 Å². The molecule has 0 aromatic heterocycles. The molecule has 0 rings (SSSR count). The van der Waals surface area contributed by atoms with Gasteiger partial charge in [-0.3, -0.25) is 9.59 Å². The molecule has 0 aliphatic heterocycles. The molecule has 6 nitrogen and oxygen atoms in total. The fourth-order valence-corrected chi connectivity index (χ4v) is 2.45. The number of carbonyl (C=O) groups is 2. The number of rotatable bonds is 15. The SMILES string of the molecule is CCCCCCCCCCCN[C@@H](CC(C)C)C(=O)O.NCC(=O)O.[Na]. The molecule has 1 radical (unpaired) electrons. The predicted octanol–water partition coefficient (Wildman–Crippen LogP) is 3.25. The Morgan fingerprint density at radius 3 is 1.69 bits per heavy atom. The Morgan fingerprint density at radius 2 is 1.35 bits per heavy atom. The van der Waals surface area contributed by atoms with Crippen LogP contribution in [0.15, 0.2) is 0 Å². The Morgan fingerprint density at radius 1 is 0.923 bits per heavy atom. The van der Waals surface area contributed by atoms with Gasteiger partial charge in [0.25, 0.3) is 0 Å². The van der Waals surface area contributed by atoms with Crippen molar-refractivity contribution in [1.29, 1.82) is 0 Å². The van der Waals surface area contributed by atoms with Crippen LogP contribution in [0.1, 0.15) is 85.0 Å². The molecule has 1 atom stereocenters. The Kier molecular flexibility index (Phi) is 26.9. The van der Waals surface area contributed by atoms with E-state index in [0.29, 0.717) is 12.3 Å². The van der Waals surface area contributed by atoms with Crippen molar-refractivity contribution in [2.45, 2.75) is 91.0 Å². The molecular formula is C19H40N2NaO4. The zero-order chi connectivity index (χ0) is 19.5. The fourth-order valence-electron chi connectivity index (χ4n) is 2.45. The number of nitrogens with one attached hydrogen (secondary N) is 1. The van der Waals surface area contributed by atoms with Gasteiger partial charge in [-0.05, 0) is 25.3 Å². The van der Waals surface area contributed by atoms with Gasteiger partial charge in [0.15, 0.2) is 0 Å². The monoisotopic (exact) mass is 383 g/mol. The van der Waals surface area contributed by atoms with Gasteiger partial charge in [0.2, 0.25) is 0 Å². The summed E-state index contributed by atoms with van der Waals surface area (Å²) in [6, 6.07) is -0.371. The van der Waals surface area contributed by atoms with E-state index in [1.807, 2.05) is 0 Å². The Hall–Kier alpha value is -0.140. The van der Waals surface area contributed by atoms with Crippen molar-refractivity contribution in [3.8, 4) is 0 Å². The number of hydrogen-bond donors (Lipinski definition) is 4. The molecular weight excluding hydrogens is 343 g/mol. The first-order valence-corrected chi connectivity index (χ1v) is 9.73. The Bertz CT molecular complexity index is 329. The fraction of sp³-hybridized carbons (Fsp3) is 0.895. The van der Waals surface area contributed by atoms with Crippen LogP contribution in [-0.4, -0.2) is 70.8 Å². The molecule has 0 aliphatic carbocycles. The third kappa shape index (κ3) is 26.1. The van der Waals surface area contributed by atoms with Crippen molar-refractivity contribution in [2.75, 3.05) is 13.1 Å². The molecule has 0 bridgehead atoms. The zero-order valence-electron chi connectivity index (χ0n) is 17.4. The summed E-state index contributed by atoms with van der Waals surface area (Å²) in [5.74, 6) is -1.26. The van der Waals surface area contributed by atoms with E-state index in [2.05, 4.69) is 31.8 Å². The molecule has 0 aromatic carbocycles. The summed E-state index contributed by atoms with van der Waals surface area (Å²) >= 11 is 0. The summed E-state index contributed by atoms with van der Waals surface area (Å²) in [7, 11) is 0. The van der Waals surface area contributed by atoms with Crippen LogP contribution < -0.4 is 11.1 Å². The molecule has 0 fully saturated rings. The van der Waals surface area contributed by atoms with Gasteiger partial charge in [-0.25, -0.2) is 0 Å². The Balaban J connectivity index is -0.000000772. The number of unbranched alkanes of at least 4 members (excludes halogenated alkanes) is 8. The van der Waals surface area contributed by atoms with Crippen LogP contribution in [0.3, 0.4) is 0 Å². The summed E-state index contributed by atoms with van der Waals surface area (Å²) in [4.78, 5) is 20.3. The molecule has 26 heavy (non-hydrogen) atoms. The van der Waals surface area contributed by atoms with Crippen molar-refractivity contribution in [3.63, 3.8) is 0 Å². The van der Waals surface area contributed by atoms with E-state index in [4.69, 9.17) is 10.2 Å². The smallest absolute Gasteiger partial charge is 0.320 e. The molecule has 7 heteroatoms. The van der Waals surface area contributed by atoms with Crippen LogP contribution in [0.5, 0.6) is 0 Å². The van der Waals surface area contributed by atoms with Gasteiger partial charge >= 0.3 is 11.9 Å². The first kappa shape index (κ1) is 30.6. The van der Waals surface area contributed by atoms with Gasteiger partial charge in [-0.1, -0.05) is 72.1 Å². The summed E-state index contributed by atoms with van der Waals surface area (Å²) in [5.41, 5.74) is 4.57. The first-order valence-electron chi connectivity index (χ1n) is 9.73. The van der Waals surface area contributed by atoms with Gasteiger partial charge in [0, 0.05) is 29.6 Å². The normalized spacial score (nSPS) is 11.3. The van der Waals surface area contributed by atoms with E-state index in [9.17, 15) is 9.59 Å². The molecule has 0 aromatic rings. The number of carboxylic acids is 2. The minimum Gasteiger partial charge on any atom is -0.480 e. The van der Waals surface area contributed by atoms with Gasteiger partial charge < -0.3 is 21.3 Å². The minimum atomic E-state index is -0.968. The van der Waals surface area contributed by atoms with Gasteiger partial charge in [0.05, 0.1) is 6.54 Å². The maximum absolute atomic E-state index is 11.1. The summed E-state index contributed by atoms with van der Waals surface area (Å²) in [6.45, 7) is 6.93. The molecule has 0 amide bonds. The molecule has 0 spiro atoms. The zero-order valence-corrected chi connectivity index (χ0v) is 19.4. The number of aliphatic carboxylic acids is 2. The average molecular weight is 384 g/mol. The van der Waals surface area contributed by atoms with Crippen LogP contribution in [-0.2, 0) is 9.59 Å². The van der Waals surface area contributed by atoms with Gasteiger partial charge in [-0.2, -0.15) is 0 Å². The van der Waals surface area contributed by atoms with Crippen molar-refractivity contribution in [2.24, 2.45) is 11.7 Å². The number of nitrogens with two attached hydrogens (primary N) is 1. The van der Waals surface area contributed by atoms with E-state index in [1.165, 1.54) is 51.4 Å². The predicted molar refractivity (Wildman–Crippen MR) is 109 cm³/mol. The van der Waals surface area contributed by atoms with Crippen molar-refractivity contribution >= 4 is 41.5 Å². The van der Waals surface area contributed by atoms with E-state index in [0.717, 1.165) is 13.0 Å². The number of carboxylic acid groups (broad SMARTS) is 2. The number of hydrogen-bond acceptors (Lipinski definition) is 4. The topological polar surface area (TPSA) is 113 Å². The maximum atomic E-state index is 11.1. The van der Waals surface area contributed by atoms with E-state index < -0.39 is 11.9 Å². The average Bonchev–Trinajstić information content (AvgIpc) is 2.55. The van der Waals surface area contributed by atoms with Gasteiger partial charge in [-0.15, -0.1) is 0 Å². The largest absolute Gasteiger partial charge is 0.480 e. The third-order valence-electron chi connectivity index (χ3n) is 3.85. The molecule has 0 heterocycles. The molecule has 151 valence electrons. The minimum absolute atomic E-state index is 0. The molecule has 0 saturated heterocycles. The second-order valence-electron chi connectivity index (χ2n) is 6.90. The van der Waals surface area contributed by atoms with E-state index in [1.54, 1.807) is 0 Å². The summed E-state index contributed by atoms with van der Waals surface area (Å²) in [6.07, 6.45) is 12.4. The van der Waals surface area contributed by atoms with Crippen LogP contribution in [0, 0.1) is 5.92 Å². The molecule has 0 aliphatic rings. The standard InChI is InChI=1S/C17H35NO2.C2H5NO2.Na/c1-4-5-6-7-8-9-10-11-12-13-18-16(17(19)20)14-15(2)3;3-1-2(4)5;/h15-16,18H,4-14H2,1-3H3,(H,19,20);1,3H2,(H,4,5);/t16-;;/m0../s1. The second kappa shape index (κ2) is 22.9. The van der Waals surface area contributed by atoms with Crippen LogP contribution in [0.2, 0.25) is 0 Å². The molecule has 0 unspecified atom stereocenters. The van der Waals surface area contributed by atoms with Crippen molar-refractivity contribution < 1.29 is 19.8 Å². The van der Waals surface area contributed by atoms with E-state index in [-0.39, 0.29) is 42.1 Å². The third-order valence-corrected chi connectivity index (χ3v) is 3.85. The molecule has 0 saturated carbocycles. The summed E-state index contributed by atoms with van der Waals surface area (Å²) < 4.78 is 0. The first-order chi connectivity index (χ1) is 11.8. The van der Waals surface area contributed by atoms with Crippen LogP contribution in [0.25, 0.3) is 0 Å². The summed E-state index contributed by atoms with van der Waals surface area (Å²) in [5, 5.41) is 19.9. The molecule has 5 N–H and O–H groups in total. The van der Waals surface area contributed by atoms with E-state index >= 15 is 0 Å². The van der Waals surface area contributed by atoms with Gasteiger partial charge in [0.1, 0.15) is 6.04 Å². The quantitative estimate of drug-likeness (QED) is 0.255. The Labute approximate surface area is 182 Å². The second-order valence-corrected chi connectivity index (χ2v) is 6.90. The van der Waals surface area contributed by atoms with Crippen molar-refractivity contribution in [1.82, 2.24) is 5.32 Å².